The molecule has 0 radical (unpaired) electrons. The lowest BCUT2D eigenvalue weighted by Gasteiger charge is -2.29. The number of carboxylic acid groups (broad SMARTS) is 1. The van der Waals surface area contributed by atoms with Gasteiger partial charge in [0.1, 0.15) is 6.61 Å². The second-order valence-corrected chi connectivity index (χ2v) is 7.61. The molecular formula is C19H29N3O5. The van der Waals surface area contributed by atoms with E-state index in [1.165, 1.54) is 11.1 Å². The van der Waals surface area contributed by atoms with E-state index < -0.39 is 17.5 Å². The van der Waals surface area contributed by atoms with Gasteiger partial charge in [-0.15, -0.1) is 0 Å². The standard InChI is InChI=1S/C19H29N3O5/c1-13(2)9-19(3,10-16(23)24)12-21-18(26)27-11-15-14(7-6-8-20-15)17(25)22(4)5/h6-8,13H,9-12H2,1-5H3,(H,21,26)(H,23,24)/t19-/m0/s1. The lowest BCUT2D eigenvalue weighted by molar-refractivity contribution is -0.139. The van der Waals surface area contributed by atoms with Gasteiger partial charge in [-0.05, 0) is 29.9 Å². The second-order valence-electron chi connectivity index (χ2n) is 7.61. The van der Waals surface area contributed by atoms with Gasteiger partial charge < -0.3 is 20.1 Å². The molecule has 150 valence electrons. The Bertz CT molecular complexity index is 675. The summed E-state index contributed by atoms with van der Waals surface area (Å²) >= 11 is 0. The maximum atomic E-state index is 12.1. The largest absolute Gasteiger partial charge is 0.481 e. The van der Waals surface area contributed by atoms with E-state index >= 15 is 0 Å². The zero-order valence-electron chi connectivity index (χ0n) is 16.6. The summed E-state index contributed by atoms with van der Waals surface area (Å²) in [4.78, 5) is 40.8. The molecule has 0 fully saturated rings. The van der Waals surface area contributed by atoms with E-state index in [0.29, 0.717) is 23.6 Å². The van der Waals surface area contributed by atoms with Gasteiger partial charge >= 0.3 is 12.1 Å². The molecule has 0 aliphatic heterocycles. The molecule has 0 aliphatic rings. The van der Waals surface area contributed by atoms with Crippen LogP contribution in [0.25, 0.3) is 0 Å². The van der Waals surface area contributed by atoms with Gasteiger partial charge in [-0.2, -0.15) is 0 Å². The molecule has 27 heavy (non-hydrogen) atoms. The van der Waals surface area contributed by atoms with Crippen LogP contribution in [0.4, 0.5) is 4.79 Å². The minimum absolute atomic E-state index is 0.0484. The monoisotopic (exact) mass is 379 g/mol. The minimum atomic E-state index is -0.909. The Kier molecular flexibility index (Phi) is 8.21. The van der Waals surface area contributed by atoms with Gasteiger partial charge in [0.2, 0.25) is 0 Å². The number of nitrogens with one attached hydrogen (secondary N) is 1. The molecule has 0 saturated heterocycles. The van der Waals surface area contributed by atoms with E-state index in [0.717, 1.165) is 0 Å². The first-order valence-electron chi connectivity index (χ1n) is 8.82. The number of ether oxygens (including phenoxy) is 1. The van der Waals surface area contributed by atoms with Gasteiger partial charge in [0.05, 0.1) is 17.7 Å². The number of pyridine rings is 1. The van der Waals surface area contributed by atoms with Crippen LogP contribution in [0.1, 0.15) is 49.7 Å². The van der Waals surface area contributed by atoms with Crippen LogP contribution in [0.15, 0.2) is 18.3 Å². The average molecular weight is 379 g/mol. The highest BCUT2D eigenvalue weighted by Crippen LogP contribution is 2.29. The summed E-state index contributed by atoms with van der Waals surface area (Å²) in [6, 6.07) is 3.27. The first kappa shape index (κ1) is 22.4. The number of nitrogens with zero attached hydrogens (tertiary/aromatic N) is 2. The number of aliphatic carboxylic acids is 1. The molecule has 0 spiro atoms. The van der Waals surface area contributed by atoms with Crippen molar-refractivity contribution in [3.8, 4) is 0 Å². The van der Waals surface area contributed by atoms with Crippen molar-refractivity contribution >= 4 is 18.0 Å². The molecule has 2 amide bonds. The van der Waals surface area contributed by atoms with Crippen LogP contribution in [-0.2, 0) is 16.1 Å². The molecule has 8 nitrogen and oxygen atoms in total. The van der Waals surface area contributed by atoms with E-state index in [-0.39, 0.29) is 25.5 Å². The third kappa shape index (κ3) is 7.64. The summed E-state index contributed by atoms with van der Waals surface area (Å²) < 4.78 is 5.17. The second kappa shape index (κ2) is 9.89. The number of hydrogen-bond donors (Lipinski definition) is 2. The summed E-state index contributed by atoms with van der Waals surface area (Å²) in [5.74, 6) is -0.845. The molecule has 0 bridgehead atoms. The topological polar surface area (TPSA) is 109 Å². The Labute approximate surface area is 159 Å². The van der Waals surface area contributed by atoms with Crippen molar-refractivity contribution in [2.75, 3.05) is 20.6 Å². The summed E-state index contributed by atoms with van der Waals surface area (Å²) in [6.07, 6.45) is 1.45. The Balaban J connectivity index is 2.68. The molecule has 1 atom stereocenters. The van der Waals surface area contributed by atoms with Crippen LogP contribution in [0.2, 0.25) is 0 Å². The van der Waals surface area contributed by atoms with Crippen LogP contribution in [0.3, 0.4) is 0 Å². The maximum Gasteiger partial charge on any atom is 0.407 e. The maximum absolute atomic E-state index is 12.1. The Morgan fingerprint density at radius 3 is 2.56 bits per heavy atom. The first-order valence-corrected chi connectivity index (χ1v) is 8.82. The molecule has 1 rings (SSSR count). The fourth-order valence-electron chi connectivity index (χ4n) is 3.02. The van der Waals surface area contributed by atoms with Crippen LogP contribution in [-0.4, -0.2) is 53.6 Å². The predicted molar refractivity (Wildman–Crippen MR) is 100 cm³/mol. The highest BCUT2D eigenvalue weighted by Gasteiger charge is 2.29. The van der Waals surface area contributed by atoms with Gasteiger partial charge in [-0.1, -0.05) is 20.8 Å². The lowest BCUT2D eigenvalue weighted by atomic mass is 9.79. The number of hydrogen-bond acceptors (Lipinski definition) is 5. The van der Waals surface area contributed by atoms with E-state index in [9.17, 15) is 14.4 Å². The Morgan fingerprint density at radius 1 is 1.33 bits per heavy atom. The number of rotatable bonds is 9. The van der Waals surface area contributed by atoms with Crippen molar-refractivity contribution in [2.24, 2.45) is 11.3 Å². The van der Waals surface area contributed by atoms with Crippen molar-refractivity contribution in [3.63, 3.8) is 0 Å². The highest BCUT2D eigenvalue weighted by atomic mass is 16.5. The number of aromatic nitrogens is 1. The molecule has 1 aromatic rings. The smallest absolute Gasteiger partial charge is 0.407 e. The van der Waals surface area contributed by atoms with Crippen molar-refractivity contribution in [3.05, 3.63) is 29.6 Å². The SMILES string of the molecule is CC(C)C[C@](C)(CNC(=O)OCc1ncccc1C(=O)N(C)C)CC(=O)O. The number of amides is 2. The quantitative estimate of drug-likeness (QED) is 0.682. The third-order valence-electron chi connectivity index (χ3n) is 4.01. The Hall–Kier alpha value is -2.64. The fourth-order valence-corrected chi connectivity index (χ4v) is 3.02. The van der Waals surface area contributed by atoms with Crippen LogP contribution in [0, 0.1) is 11.3 Å². The Morgan fingerprint density at radius 2 is 2.00 bits per heavy atom. The van der Waals surface area contributed by atoms with E-state index in [1.54, 1.807) is 26.2 Å². The molecule has 0 aliphatic carbocycles. The number of carboxylic acids is 1. The van der Waals surface area contributed by atoms with Crippen LogP contribution < -0.4 is 5.32 Å². The molecule has 0 aromatic carbocycles. The number of carbonyl (C=O) groups is 3. The normalized spacial score (nSPS) is 13.0. The van der Waals surface area contributed by atoms with Crippen molar-refractivity contribution < 1.29 is 24.2 Å². The van der Waals surface area contributed by atoms with Gasteiger partial charge in [-0.3, -0.25) is 14.6 Å². The van der Waals surface area contributed by atoms with Gasteiger partial charge in [0, 0.05) is 26.8 Å². The molecule has 0 saturated carbocycles. The lowest BCUT2D eigenvalue weighted by Crippen LogP contribution is -2.38. The van der Waals surface area contributed by atoms with Gasteiger partial charge in [0.15, 0.2) is 0 Å². The van der Waals surface area contributed by atoms with Crippen molar-refractivity contribution in [1.82, 2.24) is 15.2 Å². The molecule has 1 heterocycles. The van der Waals surface area contributed by atoms with Crippen LogP contribution in [0.5, 0.6) is 0 Å². The molecular weight excluding hydrogens is 350 g/mol. The first-order chi connectivity index (χ1) is 12.5. The molecule has 0 unspecified atom stereocenters. The average Bonchev–Trinajstić information content (AvgIpc) is 2.56. The summed E-state index contributed by atoms with van der Waals surface area (Å²) in [5, 5.41) is 11.7. The molecule has 8 heteroatoms. The summed E-state index contributed by atoms with van der Waals surface area (Å²) in [7, 11) is 3.26. The fraction of sp³-hybridized carbons (Fsp3) is 0.579. The van der Waals surface area contributed by atoms with E-state index in [2.05, 4.69) is 10.3 Å². The third-order valence-corrected chi connectivity index (χ3v) is 4.01. The predicted octanol–water partition coefficient (Wildman–Crippen LogP) is 2.54. The van der Waals surface area contributed by atoms with Gasteiger partial charge in [-0.25, -0.2) is 4.79 Å². The van der Waals surface area contributed by atoms with Crippen molar-refractivity contribution in [2.45, 2.75) is 40.2 Å². The van der Waals surface area contributed by atoms with Gasteiger partial charge in [0.25, 0.3) is 5.91 Å². The van der Waals surface area contributed by atoms with Crippen molar-refractivity contribution in [1.29, 1.82) is 0 Å². The number of carbonyl (C=O) groups excluding carboxylic acids is 2. The zero-order valence-corrected chi connectivity index (χ0v) is 16.6. The zero-order chi connectivity index (χ0) is 20.6. The molecule has 1 aromatic heterocycles. The summed E-state index contributed by atoms with van der Waals surface area (Å²) in [5.41, 5.74) is 0.156. The summed E-state index contributed by atoms with van der Waals surface area (Å²) in [6.45, 7) is 5.86. The minimum Gasteiger partial charge on any atom is -0.481 e. The highest BCUT2D eigenvalue weighted by molar-refractivity contribution is 5.94. The number of alkyl carbamates (subject to hydrolysis) is 1. The van der Waals surface area contributed by atoms with E-state index in [4.69, 9.17) is 9.84 Å². The van der Waals surface area contributed by atoms with Crippen LogP contribution >= 0.6 is 0 Å². The van der Waals surface area contributed by atoms with E-state index in [1.807, 2.05) is 20.8 Å². The molecule has 2 N–H and O–H groups in total.